The van der Waals surface area contributed by atoms with Crippen LogP contribution in [0.5, 0.6) is 0 Å². The Kier molecular flexibility index (Phi) is 5.72. The number of nitrogens with one attached hydrogen (secondary N) is 1. The summed E-state index contributed by atoms with van der Waals surface area (Å²) < 4.78 is 0. The molecule has 1 aromatic rings. The summed E-state index contributed by atoms with van der Waals surface area (Å²) in [4.78, 5) is 21.8. The molecule has 0 aliphatic heterocycles. The first-order valence-corrected chi connectivity index (χ1v) is 6.25. The molecule has 0 saturated carbocycles. The van der Waals surface area contributed by atoms with E-state index >= 15 is 0 Å². The van der Waals surface area contributed by atoms with Crippen LogP contribution in [-0.4, -0.2) is 17.4 Å². The molecule has 1 unspecified atom stereocenters. The van der Waals surface area contributed by atoms with Crippen LogP contribution in [-0.2, 0) is 4.79 Å². The minimum atomic E-state index is -0.539. The van der Waals surface area contributed by atoms with Crippen LogP contribution in [0, 0.1) is 16.0 Å². The van der Waals surface area contributed by atoms with E-state index < -0.39 is 4.92 Å². The standard InChI is InChI=1S/C12H16ClN3O3/c1-8(7-14)2-5-12(17)15-11-6-9(16(18)19)3-4-10(11)13/h3-4,6,8H,2,5,7,14H2,1H3,(H,15,17). The van der Waals surface area contributed by atoms with Crippen LogP contribution >= 0.6 is 11.6 Å². The minimum absolute atomic E-state index is 0.116. The normalized spacial score (nSPS) is 11.9. The molecule has 0 spiro atoms. The number of carbonyl (C=O) groups is 1. The molecule has 3 N–H and O–H groups in total. The molecule has 0 fully saturated rings. The van der Waals surface area contributed by atoms with E-state index in [0.717, 1.165) is 0 Å². The number of nitrogens with two attached hydrogens (primary N) is 1. The number of carbonyl (C=O) groups excluding carboxylic acids is 1. The van der Waals surface area contributed by atoms with Crippen LogP contribution in [0.1, 0.15) is 19.8 Å². The number of halogens is 1. The lowest BCUT2D eigenvalue weighted by Gasteiger charge is -2.09. The van der Waals surface area contributed by atoms with Crippen LogP contribution in [0.4, 0.5) is 11.4 Å². The predicted octanol–water partition coefficient (Wildman–Crippen LogP) is 2.56. The highest BCUT2D eigenvalue weighted by Gasteiger charge is 2.12. The fraction of sp³-hybridized carbons (Fsp3) is 0.417. The number of hydrogen-bond acceptors (Lipinski definition) is 4. The first kappa shape index (κ1) is 15.4. The van der Waals surface area contributed by atoms with Gasteiger partial charge in [-0.25, -0.2) is 0 Å². The Hall–Kier alpha value is -1.66. The first-order chi connectivity index (χ1) is 8.93. The van der Waals surface area contributed by atoms with E-state index in [2.05, 4.69) is 5.32 Å². The number of amides is 1. The van der Waals surface area contributed by atoms with Gasteiger partial charge < -0.3 is 11.1 Å². The van der Waals surface area contributed by atoms with E-state index in [9.17, 15) is 14.9 Å². The van der Waals surface area contributed by atoms with Crippen molar-refractivity contribution in [2.24, 2.45) is 11.7 Å². The fourth-order valence-corrected chi connectivity index (χ4v) is 1.60. The maximum absolute atomic E-state index is 11.7. The molecule has 0 saturated heterocycles. The van der Waals surface area contributed by atoms with Crippen molar-refractivity contribution in [2.45, 2.75) is 19.8 Å². The molecule has 1 rings (SSSR count). The van der Waals surface area contributed by atoms with Gasteiger partial charge in [-0.1, -0.05) is 18.5 Å². The van der Waals surface area contributed by atoms with Crippen molar-refractivity contribution >= 4 is 28.9 Å². The molecular weight excluding hydrogens is 270 g/mol. The Morgan fingerprint density at radius 3 is 2.84 bits per heavy atom. The second-order valence-electron chi connectivity index (χ2n) is 4.35. The zero-order chi connectivity index (χ0) is 14.4. The first-order valence-electron chi connectivity index (χ1n) is 5.88. The van der Waals surface area contributed by atoms with E-state index in [1.165, 1.54) is 18.2 Å². The third kappa shape index (κ3) is 4.84. The molecule has 19 heavy (non-hydrogen) atoms. The third-order valence-corrected chi connectivity index (χ3v) is 3.03. The summed E-state index contributed by atoms with van der Waals surface area (Å²) in [5.41, 5.74) is 5.60. The molecule has 0 aliphatic carbocycles. The highest BCUT2D eigenvalue weighted by molar-refractivity contribution is 6.33. The van der Waals surface area contributed by atoms with Crippen molar-refractivity contribution in [3.63, 3.8) is 0 Å². The lowest BCUT2D eigenvalue weighted by molar-refractivity contribution is -0.384. The monoisotopic (exact) mass is 285 g/mol. The molecule has 0 heterocycles. The van der Waals surface area contributed by atoms with E-state index in [1.54, 1.807) is 0 Å². The highest BCUT2D eigenvalue weighted by Crippen LogP contribution is 2.26. The Balaban J connectivity index is 2.68. The van der Waals surface area contributed by atoms with Crippen molar-refractivity contribution in [1.29, 1.82) is 0 Å². The Labute approximate surface area is 116 Å². The molecule has 1 atom stereocenters. The van der Waals surface area contributed by atoms with Gasteiger partial charge in [-0.05, 0) is 24.9 Å². The van der Waals surface area contributed by atoms with E-state index in [4.69, 9.17) is 17.3 Å². The zero-order valence-electron chi connectivity index (χ0n) is 10.6. The smallest absolute Gasteiger partial charge is 0.271 e. The van der Waals surface area contributed by atoms with Gasteiger partial charge in [0.25, 0.3) is 5.69 Å². The zero-order valence-corrected chi connectivity index (χ0v) is 11.3. The molecule has 1 aromatic carbocycles. The largest absolute Gasteiger partial charge is 0.330 e. The van der Waals surface area contributed by atoms with Gasteiger partial charge in [0.2, 0.25) is 5.91 Å². The van der Waals surface area contributed by atoms with Crippen LogP contribution in [0.3, 0.4) is 0 Å². The van der Waals surface area contributed by atoms with E-state index in [0.29, 0.717) is 19.4 Å². The second kappa shape index (κ2) is 7.06. The Morgan fingerprint density at radius 1 is 1.58 bits per heavy atom. The van der Waals surface area contributed by atoms with Crippen molar-refractivity contribution in [3.8, 4) is 0 Å². The number of benzene rings is 1. The molecule has 0 aromatic heterocycles. The summed E-state index contributed by atoms with van der Waals surface area (Å²) in [6.07, 6.45) is 0.965. The van der Waals surface area contributed by atoms with Gasteiger partial charge >= 0.3 is 0 Å². The van der Waals surface area contributed by atoms with Gasteiger partial charge in [-0.15, -0.1) is 0 Å². The van der Waals surface area contributed by atoms with Crippen LogP contribution in [0.2, 0.25) is 5.02 Å². The molecular formula is C12H16ClN3O3. The molecule has 0 aliphatic rings. The quantitative estimate of drug-likeness (QED) is 0.620. The summed E-state index contributed by atoms with van der Waals surface area (Å²) in [5, 5.41) is 13.5. The average Bonchev–Trinajstić information content (AvgIpc) is 2.38. The van der Waals surface area contributed by atoms with Crippen LogP contribution in [0.25, 0.3) is 0 Å². The number of rotatable bonds is 6. The summed E-state index contributed by atoms with van der Waals surface area (Å²) >= 11 is 5.88. The predicted molar refractivity (Wildman–Crippen MR) is 74.2 cm³/mol. The van der Waals surface area contributed by atoms with Crippen molar-refractivity contribution in [1.82, 2.24) is 0 Å². The molecule has 6 nitrogen and oxygen atoms in total. The van der Waals surface area contributed by atoms with Gasteiger partial charge in [0, 0.05) is 18.6 Å². The Morgan fingerprint density at radius 2 is 2.26 bits per heavy atom. The van der Waals surface area contributed by atoms with Gasteiger partial charge in [0.15, 0.2) is 0 Å². The van der Waals surface area contributed by atoms with Gasteiger partial charge in [0.1, 0.15) is 0 Å². The van der Waals surface area contributed by atoms with Gasteiger partial charge in [-0.2, -0.15) is 0 Å². The van der Waals surface area contributed by atoms with Gasteiger partial charge in [-0.3, -0.25) is 14.9 Å². The van der Waals surface area contributed by atoms with Crippen molar-refractivity contribution in [3.05, 3.63) is 33.3 Å². The Bertz CT molecular complexity index is 479. The van der Waals surface area contributed by atoms with Gasteiger partial charge in [0.05, 0.1) is 15.6 Å². The number of hydrogen-bond donors (Lipinski definition) is 2. The third-order valence-electron chi connectivity index (χ3n) is 2.70. The maximum atomic E-state index is 11.7. The fourth-order valence-electron chi connectivity index (χ4n) is 1.43. The number of nitrogens with zero attached hydrogens (tertiary/aromatic N) is 1. The lowest BCUT2D eigenvalue weighted by Crippen LogP contribution is -2.16. The maximum Gasteiger partial charge on any atom is 0.271 e. The lowest BCUT2D eigenvalue weighted by atomic mass is 10.1. The summed E-state index contributed by atoms with van der Waals surface area (Å²) in [5.74, 6) is 0.0222. The number of nitro groups is 1. The summed E-state index contributed by atoms with van der Waals surface area (Å²) in [7, 11) is 0. The summed E-state index contributed by atoms with van der Waals surface area (Å²) in [6, 6.07) is 3.92. The van der Waals surface area contributed by atoms with Crippen molar-refractivity contribution < 1.29 is 9.72 Å². The average molecular weight is 286 g/mol. The SMILES string of the molecule is CC(CN)CCC(=O)Nc1cc([N+](=O)[O-])ccc1Cl. The van der Waals surface area contributed by atoms with E-state index in [-0.39, 0.29) is 28.2 Å². The molecule has 0 radical (unpaired) electrons. The van der Waals surface area contributed by atoms with Crippen molar-refractivity contribution in [2.75, 3.05) is 11.9 Å². The summed E-state index contributed by atoms with van der Waals surface area (Å²) in [6.45, 7) is 2.47. The second-order valence-corrected chi connectivity index (χ2v) is 4.76. The number of nitro benzene ring substituents is 1. The number of anilines is 1. The minimum Gasteiger partial charge on any atom is -0.330 e. The van der Waals surface area contributed by atoms with E-state index in [1.807, 2.05) is 6.92 Å². The van der Waals surface area contributed by atoms with Crippen LogP contribution < -0.4 is 11.1 Å². The highest BCUT2D eigenvalue weighted by atomic mass is 35.5. The molecule has 7 heteroatoms. The van der Waals surface area contributed by atoms with Crippen LogP contribution in [0.15, 0.2) is 18.2 Å². The number of non-ortho nitro benzene ring substituents is 1. The molecule has 1 amide bonds. The molecule has 0 bridgehead atoms. The molecule has 104 valence electrons. The topological polar surface area (TPSA) is 98.3 Å².